The molecular formula is C5H3Cl2F5O. The largest absolute Gasteiger partial charge is 0.420 e. The standard InChI is InChI=1S/C5H3Cl2F5O/c1-2(4(8,9)10)3(6,7)5(11,12)13-2/h1H3/t2-/m0/s1. The van der Waals surface area contributed by atoms with Gasteiger partial charge in [0.05, 0.1) is 0 Å². The van der Waals surface area contributed by atoms with Crippen molar-refractivity contribution >= 4 is 23.2 Å². The molecule has 0 spiro atoms. The molecule has 1 heterocycles. The number of ether oxygens (including phenoxy) is 1. The van der Waals surface area contributed by atoms with Crippen LogP contribution in [0.1, 0.15) is 6.92 Å². The predicted octanol–water partition coefficient (Wildman–Crippen LogP) is 3.10. The second-order valence-corrected chi connectivity index (χ2v) is 4.05. The van der Waals surface area contributed by atoms with Crippen LogP contribution in [0.15, 0.2) is 0 Å². The molecule has 1 aliphatic heterocycles. The van der Waals surface area contributed by atoms with Gasteiger partial charge in [-0.05, 0) is 6.92 Å². The van der Waals surface area contributed by atoms with E-state index >= 15 is 0 Å². The predicted molar refractivity (Wildman–Crippen MR) is 34.9 cm³/mol. The van der Waals surface area contributed by atoms with E-state index in [-0.39, 0.29) is 0 Å². The Hall–Kier alpha value is 0.190. The summed E-state index contributed by atoms with van der Waals surface area (Å²) < 4.78 is 61.1. The lowest BCUT2D eigenvalue weighted by atomic mass is 9.93. The maximum absolute atomic E-state index is 12.4. The van der Waals surface area contributed by atoms with Crippen LogP contribution in [0.3, 0.4) is 0 Å². The number of halogens is 7. The molecule has 0 aliphatic carbocycles. The second-order valence-electron chi connectivity index (χ2n) is 2.72. The van der Waals surface area contributed by atoms with E-state index in [2.05, 4.69) is 4.74 Å². The summed E-state index contributed by atoms with van der Waals surface area (Å²) in [5.74, 6) is 0. The highest BCUT2D eigenvalue weighted by atomic mass is 35.5. The maximum atomic E-state index is 12.4. The van der Waals surface area contributed by atoms with E-state index in [1.54, 1.807) is 0 Å². The van der Waals surface area contributed by atoms with Gasteiger partial charge in [-0.25, -0.2) is 0 Å². The molecular weight excluding hydrogens is 242 g/mol. The first kappa shape index (κ1) is 11.3. The highest BCUT2D eigenvalue weighted by Gasteiger charge is 2.85. The Balaban J connectivity index is 3.02. The van der Waals surface area contributed by atoms with Gasteiger partial charge in [-0.15, -0.1) is 0 Å². The molecule has 8 heteroatoms. The highest BCUT2D eigenvalue weighted by Crippen LogP contribution is 2.64. The minimum atomic E-state index is -5.04. The third-order valence-corrected chi connectivity index (χ3v) is 3.00. The van der Waals surface area contributed by atoms with Gasteiger partial charge in [0.2, 0.25) is 9.93 Å². The van der Waals surface area contributed by atoms with Crippen LogP contribution in [-0.2, 0) is 4.74 Å². The van der Waals surface area contributed by atoms with Gasteiger partial charge in [0.25, 0.3) is 0 Å². The molecule has 1 saturated heterocycles. The number of hydrogen-bond donors (Lipinski definition) is 0. The van der Waals surface area contributed by atoms with Gasteiger partial charge in [-0.2, -0.15) is 22.0 Å². The zero-order chi connectivity index (χ0) is 10.7. The molecule has 1 nitrogen and oxygen atoms in total. The molecule has 0 N–H and O–H groups in total. The lowest BCUT2D eigenvalue weighted by molar-refractivity contribution is -0.459. The summed E-state index contributed by atoms with van der Waals surface area (Å²) in [6, 6.07) is 0. The van der Waals surface area contributed by atoms with Crippen molar-refractivity contribution in [3.63, 3.8) is 0 Å². The van der Waals surface area contributed by atoms with Gasteiger partial charge in [0, 0.05) is 0 Å². The Morgan fingerprint density at radius 2 is 1.54 bits per heavy atom. The van der Waals surface area contributed by atoms with Crippen LogP contribution in [0.25, 0.3) is 0 Å². The number of alkyl halides is 7. The van der Waals surface area contributed by atoms with Crippen molar-refractivity contribution in [1.82, 2.24) is 0 Å². The minimum absolute atomic E-state index is 0.365. The van der Waals surface area contributed by atoms with E-state index < -0.39 is 22.2 Å². The number of hydrogen-bond acceptors (Lipinski definition) is 1. The normalized spacial score (nSPS) is 36.9. The Morgan fingerprint density at radius 1 is 1.15 bits per heavy atom. The quantitative estimate of drug-likeness (QED) is 0.470. The lowest BCUT2D eigenvalue weighted by Gasteiger charge is -2.54. The fraction of sp³-hybridized carbons (Fsp3) is 1.00. The summed E-state index contributed by atoms with van der Waals surface area (Å²) in [5, 5.41) is 0. The Morgan fingerprint density at radius 3 is 1.62 bits per heavy atom. The summed E-state index contributed by atoms with van der Waals surface area (Å²) in [4.78, 5) is 0. The molecule has 0 aromatic carbocycles. The highest BCUT2D eigenvalue weighted by molar-refractivity contribution is 6.50. The summed E-state index contributed by atoms with van der Waals surface area (Å²) in [5.41, 5.74) is -3.23. The first-order valence-corrected chi connectivity index (χ1v) is 3.74. The van der Waals surface area contributed by atoms with Crippen LogP contribution in [0.4, 0.5) is 22.0 Å². The van der Waals surface area contributed by atoms with Crippen LogP contribution in [0.2, 0.25) is 0 Å². The van der Waals surface area contributed by atoms with Crippen molar-refractivity contribution in [2.24, 2.45) is 0 Å². The van der Waals surface area contributed by atoms with Crippen LogP contribution in [0, 0.1) is 0 Å². The molecule has 0 radical (unpaired) electrons. The van der Waals surface area contributed by atoms with Gasteiger partial charge < -0.3 is 0 Å². The third-order valence-electron chi connectivity index (χ3n) is 1.84. The van der Waals surface area contributed by atoms with Crippen molar-refractivity contribution < 1.29 is 26.7 Å². The topological polar surface area (TPSA) is 9.23 Å². The van der Waals surface area contributed by atoms with Crippen LogP contribution < -0.4 is 0 Å². The van der Waals surface area contributed by atoms with Crippen molar-refractivity contribution in [3.05, 3.63) is 0 Å². The van der Waals surface area contributed by atoms with Gasteiger partial charge in [-0.1, -0.05) is 23.2 Å². The monoisotopic (exact) mass is 244 g/mol. The fourth-order valence-corrected chi connectivity index (χ4v) is 1.22. The molecule has 0 bridgehead atoms. The number of rotatable bonds is 0. The minimum Gasteiger partial charge on any atom is -0.298 e. The first-order chi connectivity index (χ1) is 5.46. The zero-order valence-electron chi connectivity index (χ0n) is 6.05. The van der Waals surface area contributed by atoms with Crippen molar-refractivity contribution in [2.75, 3.05) is 0 Å². The molecule has 1 atom stereocenters. The van der Waals surface area contributed by atoms with E-state index in [1.165, 1.54) is 0 Å². The van der Waals surface area contributed by atoms with Gasteiger partial charge in [-0.3, -0.25) is 4.74 Å². The molecule has 13 heavy (non-hydrogen) atoms. The van der Waals surface area contributed by atoms with E-state index in [0.29, 0.717) is 6.92 Å². The van der Waals surface area contributed by atoms with E-state index in [0.717, 1.165) is 0 Å². The van der Waals surface area contributed by atoms with E-state index in [9.17, 15) is 22.0 Å². The van der Waals surface area contributed by atoms with Gasteiger partial charge >= 0.3 is 12.3 Å². The summed E-state index contributed by atoms with van der Waals surface area (Å²) in [6.07, 6.45) is -9.22. The van der Waals surface area contributed by atoms with Gasteiger partial charge in [0.1, 0.15) is 0 Å². The smallest absolute Gasteiger partial charge is 0.298 e. The fourth-order valence-electron chi connectivity index (χ4n) is 0.852. The third kappa shape index (κ3) is 1.15. The molecule has 78 valence electrons. The molecule has 0 amide bonds. The van der Waals surface area contributed by atoms with Gasteiger partial charge in [0.15, 0.2) is 0 Å². The molecule has 0 aromatic rings. The van der Waals surface area contributed by atoms with E-state index in [4.69, 9.17) is 23.2 Å². The van der Waals surface area contributed by atoms with Crippen molar-refractivity contribution in [2.45, 2.75) is 29.1 Å². The average Bonchev–Trinajstić information content (AvgIpc) is 1.83. The van der Waals surface area contributed by atoms with E-state index in [1.807, 2.05) is 0 Å². The average molecular weight is 245 g/mol. The van der Waals surface area contributed by atoms with Crippen molar-refractivity contribution in [1.29, 1.82) is 0 Å². The Labute approximate surface area is 79.7 Å². The van der Waals surface area contributed by atoms with Crippen LogP contribution in [0.5, 0.6) is 0 Å². The summed E-state index contributed by atoms with van der Waals surface area (Å²) in [7, 11) is 0. The molecule has 0 saturated carbocycles. The van der Waals surface area contributed by atoms with Crippen LogP contribution in [-0.4, -0.2) is 22.2 Å². The molecule has 1 aliphatic rings. The molecule has 1 rings (SSSR count). The molecule has 0 aromatic heterocycles. The van der Waals surface area contributed by atoms with Crippen LogP contribution >= 0.6 is 23.2 Å². The Bertz CT molecular complexity index is 238. The van der Waals surface area contributed by atoms with Crippen molar-refractivity contribution in [3.8, 4) is 0 Å². The lowest BCUT2D eigenvalue weighted by Crippen LogP contribution is -2.76. The summed E-state index contributed by atoms with van der Waals surface area (Å²) >= 11 is 9.72. The second kappa shape index (κ2) is 2.41. The zero-order valence-corrected chi connectivity index (χ0v) is 7.57. The maximum Gasteiger partial charge on any atom is 0.420 e. The molecule has 1 fully saturated rings. The Kier molecular flexibility index (Phi) is 2.08. The first-order valence-electron chi connectivity index (χ1n) is 2.98. The summed E-state index contributed by atoms with van der Waals surface area (Å²) in [6.45, 7) is 0.365. The SMILES string of the molecule is C[C@]1(C(F)(F)F)OC(F)(F)C1(Cl)Cl. The molecule has 0 unspecified atom stereocenters.